The van der Waals surface area contributed by atoms with Crippen LogP contribution in [0.3, 0.4) is 0 Å². The van der Waals surface area contributed by atoms with Crippen LogP contribution in [-0.2, 0) is 4.74 Å². The maximum atomic E-state index is 6.15. The molecule has 0 spiro atoms. The van der Waals surface area contributed by atoms with Crippen molar-refractivity contribution in [2.75, 3.05) is 13.2 Å². The second kappa shape index (κ2) is 10.5. The van der Waals surface area contributed by atoms with Gasteiger partial charge in [0.1, 0.15) is 18.1 Å². The lowest BCUT2D eigenvalue weighted by Gasteiger charge is -2.21. The van der Waals surface area contributed by atoms with E-state index < -0.39 is 0 Å². The summed E-state index contributed by atoms with van der Waals surface area (Å²) < 4.78 is 17.8. The summed E-state index contributed by atoms with van der Waals surface area (Å²) in [6.45, 7) is 16.1. The van der Waals surface area contributed by atoms with Crippen LogP contribution >= 0.6 is 0 Å². The average molecular weight is 385 g/mol. The SMILES string of the molecule is CC(OCCOc1c(C(C)C)cccc1C(C)C)Oc1ccc(C(C)C)cc1. The summed E-state index contributed by atoms with van der Waals surface area (Å²) in [6.07, 6.45) is -0.321. The van der Waals surface area contributed by atoms with E-state index in [0.717, 1.165) is 11.5 Å². The quantitative estimate of drug-likeness (QED) is 0.330. The normalized spacial score (nSPS) is 12.6. The zero-order chi connectivity index (χ0) is 20.7. The molecule has 0 saturated carbocycles. The first-order valence-corrected chi connectivity index (χ1v) is 10.4. The minimum absolute atomic E-state index is 0.321. The summed E-state index contributed by atoms with van der Waals surface area (Å²) in [5.41, 5.74) is 3.81. The first kappa shape index (κ1) is 22.3. The van der Waals surface area contributed by atoms with Crippen LogP contribution in [0.1, 0.15) is 82.9 Å². The van der Waals surface area contributed by atoms with Crippen molar-refractivity contribution in [3.63, 3.8) is 0 Å². The summed E-state index contributed by atoms with van der Waals surface area (Å²) in [5.74, 6) is 3.19. The molecule has 0 aliphatic heterocycles. The van der Waals surface area contributed by atoms with Crippen molar-refractivity contribution in [1.82, 2.24) is 0 Å². The molecule has 28 heavy (non-hydrogen) atoms. The Balaban J connectivity index is 1.87. The average Bonchev–Trinajstić information content (AvgIpc) is 2.65. The molecule has 0 aliphatic rings. The van der Waals surface area contributed by atoms with Gasteiger partial charge in [-0.15, -0.1) is 0 Å². The molecule has 154 valence electrons. The predicted molar refractivity (Wildman–Crippen MR) is 117 cm³/mol. The highest BCUT2D eigenvalue weighted by atomic mass is 16.7. The monoisotopic (exact) mass is 384 g/mol. The molecule has 3 heteroatoms. The van der Waals surface area contributed by atoms with Crippen LogP contribution in [-0.4, -0.2) is 19.5 Å². The van der Waals surface area contributed by atoms with Crippen LogP contribution in [0.5, 0.6) is 11.5 Å². The fraction of sp³-hybridized carbons (Fsp3) is 0.520. The Labute approximate surface area is 171 Å². The van der Waals surface area contributed by atoms with Crippen LogP contribution in [0.4, 0.5) is 0 Å². The van der Waals surface area contributed by atoms with Crippen LogP contribution in [0, 0.1) is 0 Å². The summed E-state index contributed by atoms with van der Waals surface area (Å²) in [4.78, 5) is 0. The van der Waals surface area contributed by atoms with Gasteiger partial charge in [0.25, 0.3) is 0 Å². The van der Waals surface area contributed by atoms with Gasteiger partial charge in [0.15, 0.2) is 6.29 Å². The Hall–Kier alpha value is -2.00. The lowest BCUT2D eigenvalue weighted by Crippen LogP contribution is -2.20. The van der Waals surface area contributed by atoms with Crippen molar-refractivity contribution < 1.29 is 14.2 Å². The molecule has 2 aromatic rings. The Bertz CT molecular complexity index is 691. The van der Waals surface area contributed by atoms with Gasteiger partial charge in [-0.05, 0) is 53.5 Å². The van der Waals surface area contributed by atoms with E-state index in [2.05, 4.69) is 71.9 Å². The van der Waals surface area contributed by atoms with E-state index >= 15 is 0 Å². The van der Waals surface area contributed by atoms with Gasteiger partial charge >= 0.3 is 0 Å². The van der Waals surface area contributed by atoms with E-state index in [-0.39, 0.29) is 6.29 Å². The number of para-hydroxylation sites is 1. The molecule has 0 saturated heterocycles. The largest absolute Gasteiger partial charge is 0.491 e. The molecular formula is C25H36O3. The molecular weight excluding hydrogens is 348 g/mol. The number of hydrogen-bond acceptors (Lipinski definition) is 3. The number of benzene rings is 2. The molecule has 0 amide bonds. The molecule has 3 nitrogen and oxygen atoms in total. The molecule has 0 bridgehead atoms. The molecule has 1 unspecified atom stereocenters. The van der Waals surface area contributed by atoms with E-state index in [1.165, 1.54) is 16.7 Å². The van der Waals surface area contributed by atoms with E-state index in [1.807, 2.05) is 19.1 Å². The van der Waals surface area contributed by atoms with Gasteiger partial charge in [-0.1, -0.05) is 71.9 Å². The standard InChI is InChI=1S/C25H36O3/c1-17(2)21-11-13-22(14-12-21)28-20(7)26-15-16-27-25-23(18(3)4)9-8-10-24(25)19(5)6/h8-14,17-20H,15-16H2,1-7H3. The van der Waals surface area contributed by atoms with E-state index in [0.29, 0.717) is 31.0 Å². The van der Waals surface area contributed by atoms with Crippen LogP contribution in [0.15, 0.2) is 42.5 Å². The fourth-order valence-corrected chi connectivity index (χ4v) is 3.16. The number of rotatable bonds is 10. The highest BCUT2D eigenvalue weighted by molar-refractivity contribution is 5.44. The van der Waals surface area contributed by atoms with Gasteiger partial charge in [0, 0.05) is 0 Å². The highest BCUT2D eigenvalue weighted by Crippen LogP contribution is 2.34. The highest BCUT2D eigenvalue weighted by Gasteiger charge is 2.15. The van der Waals surface area contributed by atoms with Gasteiger partial charge < -0.3 is 14.2 Å². The smallest absolute Gasteiger partial charge is 0.197 e. The van der Waals surface area contributed by atoms with E-state index in [4.69, 9.17) is 14.2 Å². The van der Waals surface area contributed by atoms with Crippen molar-refractivity contribution in [2.24, 2.45) is 0 Å². The van der Waals surface area contributed by atoms with E-state index in [9.17, 15) is 0 Å². The third-order valence-corrected chi connectivity index (χ3v) is 4.85. The van der Waals surface area contributed by atoms with Gasteiger partial charge in [0.2, 0.25) is 0 Å². The summed E-state index contributed by atoms with van der Waals surface area (Å²) in [6, 6.07) is 14.6. The van der Waals surface area contributed by atoms with Crippen LogP contribution < -0.4 is 9.47 Å². The fourth-order valence-electron chi connectivity index (χ4n) is 3.16. The second-order valence-corrected chi connectivity index (χ2v) is 8.20. The third-order valence-electron chi connectivity index (χ3n) is 4.85. The van der Waals surface area contributed by atoms with Gasteiger partial charge in [0.05, 0.1) is 6.61 Å². The lowest BCUT2D eigenvalue weighted by atomic mass is 9.94. The number of hydrogen-bond donors (Lipinski definition) is 0. The van der Waals surface area contributed by atoms with Crippen molar-refractivity contribution in [1.29, 1.82) is 0 Å². The van der Waals surface area contributed by atoms with Gasteiger partial charge in [-0.3, -0.25) is 0 Å². The van der Waals surface area contributed by atoms with Crippen LogP contribution in [0.2, 0.25) is 0 Å². The minimum atomic E-state index is -0.321. The Morgan fingerprint density at radius 1 is 0.679 bits per heavy atom. The first-order valence-electron chi connectivity index (χ1n) is 10.4. The van der Waals surface area contributed by atoms with Gasteiger partial charge in [-0.2, -0.15) is 0 Å². The summed E-state index contributed by atoms with van der Waals surface area (Å²) >= 11 is 0. The second-order valence-electron chi connectivity index (χ2n) is 8.20. The molecule has 0 radical (unpaired) electrons. The van der Waals surface area contributed by atoms with Crippen molar-refractivity contribution in [3.8, 4) is 11.5 Å². The topological polar surface area (TPSA) is 27.7 Å². The zero-order valence-corrected chi connectivity index (χ0v) is 18.5. The maximum Gasteiger partial charge on any atom is 0.197 e. The Morgan fingerprint density at radius 3 is 1.75 bits per heavy atom. The third kappa shape index (κ3) is 6.27. The Morgan fingerprint density at radius 2 is 1.25 bits per heavy atom. The lowest BCUT2D eigenvalue weighted by molar-refractivity contribution is -0.0740. The number of ether oxygens (including phenoxy) is 3. The Kier molecular flexibility index (Phi) is 8.37. The molecule has 0 fully saturated rings. The maximum absolute atomic E-state index is 6.15. The van der Waals surface area contributed by atoms with Crippen molar-refractivity contribution >= 4 is 0 Å². The summed E-state index contributed by atoms with van der Waals surface area (Å²) in [5, 5.41) is 0. The zero-order valence-electron chi connectivity index (χ0n) is 18.5. The minimum Gasteiger partial charge on any atom is -0.491 e. The van der Waals surface area contributed by atoms with Gasteiger partial charge in [-0.25, -0.2) is 0 Å². The molecule has 0 aromatic heterocycles. The molecule has 2 aromatic carbocycles. The molecule has 2 rings (SSSR count). The van der Waals surface area contributed by atoms with Crippen molar-refractivity contribution in [3.05, 3.63) is 59.2 Å². The van der Waals surface area contributed by atoms with Crippen molar-refractivity contribution in [2.45, 2.75) is 72.5 Å². The van der Waals surface area contributed by atoms with E-state index in [1.54, 1.807) is 0 Å². The molecule has 0 heterocycles. The van der Waals surface area contributed by atoms with Crippen LogP contribution in [0.25, 0.3) is 0 Å². The molecule has 1 atom stereocenters. The summed E-state index contributed by atoms with van der Waals surface area (Å²) in [7, 11) is 0. The molecule has 0 aliphatic carbocycles. The first-order chi connectivity index (χ1) is 13.3. The molecule has 0 N–H and O–H groups in total. The predicted octanol–water partition coefficient (Wildman–Crippen LogP) is 6.88.